The molecule has 148 valence electrons. The van der Waals surface area contributed by atoms with Crippen LogP contribution in [0.1, 0.15) is 36.7 Å². The summed E-state index contributed by atoms with van der Waals surface area (Å²) in [5.74, 6) is -0.913. The van der Waals surface area contributed by atoms with Crippen LogP contribution in [0.5, 0.6) is 0 Å². The molecule has 1 aromatic rings. The zero-order valence-corrected chi connectivity index (χ0v) is 16.7. The lowest BCUT2D eigenvalue weighted by atomic mass is 9.81. The molecule has 2 fully saturated rings. The molecule has 0 aromatic heterocycles. The van der Waals surface area contributed by atoms with Gasteiger partial charge >= 0.3 is 5.97 Å². The fourth-order valence-corrected chi connectivity index (χ4v) is 4.31. The second-order valence-corrected chi connectivity index (χ2v) is 8.90. The number of nitrogens with zero attached hydrogens (tertiary/aromatic N) is 2. The zero-order chi connectivity index (χ0) is 19.8. The Morgan fingerprint density at radius 3 is 2.37 bits per heavy atom. The molecule has 0 spiro atoms. The minimum Gasteiger partial charge on any atom is -0.481 e. The van der Waals surface area contributed by atoms with Crippen molar-refractivity contribution in [3.63, 3.8) is 0 Å². The van der Waals surface area contributed by atoms with E-state index in [0.29, 0.717) is 31.8 Å². The lowest BCUT2D eigenvalue weighted by molar-refractivity contribution is -0.148. The molecule has 0 unspecified atom stereocenters. The lowest BCUT2D eigenvalue weighted by Gasteiger charge is -2.25. The maximum Gasteiger partial charge on any atom is 0.313 e. The Bertz CT molecular complexity index is 710. The van der Waals surface area contributed by atoms with Crippen LogP contribution in [0.3, 0.4) is 0 Å². The number of benzene rings is 1. The molecule has 2 aliphatic heterocycles. The Kier molecular flexibility index (Phi) is 5.32. The summed E-state index contributed by atoms with van der Waals surface area (Å²) in [6.07, 6.45) is 0. The van der Waals surface area contributed by atoms with Crippen LogP contribution in [-0.4, -0.2) is 73.2 Å². The van der Waals surface area contributed by atoms with Gasteiger partial charge in [-0.05, 0) is 23.1 Å². The summed E-state index contributed by atoms with van der Waals surface area (Å²) in [7, 11) is 1.65. The van der Waals surface area contributed by atoms with Crippen molar-refractivity contribution in [3.05, 3.63) is 35.4 Å². The highest BCUT2D eigenvalue weighted by atomic mass is 16.5. The number of carbonyl (C=O) groups excluding carboxylic acids is 1. The summed E-state index contributed by atoms with van der Waals surface area (Å²) in [4.78, 5) is 28.9. The molecular weight excluding hydrogens is 344 g/mol. The van der Waals surface area contributed by atoms with Gasteiger partial charge in [0.2, 0.25) is 0 Å². The number of carbonyl (C=O) groups is 2. The maximum atomic E-state index is 13.0. The van der Waals surface area contributed by atoms with Crippen LogP contribution < -0.4 is 0 Å². The first-order valence-corrected chi connectivity index (χ1v) is 9.52. The van der Waals surface area contributed by atoms with Crippen LogP contribution in [0, 0.1) is 11.3 Å². The number of rotatable bonds is 5. The number of likely N-dealkylation sites (tertiary alicyclic amines) is 2. The van der Waals surface area contributed by atoms with Gasteiger partial charge in [-0.1, -0.05) is 32.9 Å². The van der Waals surface area contributed by atoms with Gasteiger partial charge in [0.05, 0.1) is 6.61 Å². The van der Waals surface area contributed by atoms with Crippen LogP contribution in [-0.2, 0) is 14.9 Å². The van der Waals surface area contributed by atoms with E-state index in [1.165, 1.54) is 5.56 Å². The topological polar surface area (TPSA) is 70.1 Å². The average Bonchev–Trinajstić information content (AvgIpc) is 3.14. The van der Waals surface area contributed by atoms with Crippen molar-refractivity contribution >= 4 is 11.9 Å². The number of hydrogen-bond acceptors (Lipinski definition) is 4. The largest absolute Gasteiger partial charge is 0.481 e. The van der Waals surface area contributed by atoms with Crippen molar-refractivity contribution in [1.82, 2.24) is 9.80 Å². The van der Waals surface area contributed by atoms with E-state index in [1.54, 1.807) is 12.0 Å². The number of carboxylic acid groups (broad SMARTS) is 1. The van der Waals surface area contributed by atoms with Gasteiger partial charge in [-0.3, -0.25) is 14.5 Å². The number of hydrogen-bond donors (Lipinski definition) is 1. The quantitative estimate of drug-likeness (QED) is 0.855. The zero-order valence-electron chi connectivity index (χ0n) is 16.7. The molecule has 0 saturated carbocycles. The average molecular weight is 374 g/mol. The molecule has 2 heterocycles. The lowest BCUT2D eigenvalue weighted by Crippen LogP contribution is -2.42. The standard InChI is InChI=1S/C21H30N2O4/c1-20(2,3)16-7-5-15(6-8-16)18(24)23-12-17-11-22(9-10-27-4)13-21(17,14-23)19(25)26/h5-8,17H,9-14H2,1-4H3,(H,25,26)/t17-,21-/m1/s1. The van der Waals surface area contributed by atoms with Crippen LogP contribution >= 0.6 is 0 Å². The molecule has 1 aromatic carbocycles. The molecule has 1 N–H and O–H groups in total. The fraction of sp³-hybridized carbons (Fsp3) is 0.619. The predicted octanol–water partition coefficient (Wildman–Crippen LogP) is 2.09. The van der Waals surface area contributed by atoms with Crippen molar-refractivity contribution in [2.45, 2.75) is 26.2 Å². The molecule has 0 aliphatic carbocycles. The van der Waals surface area contributed by atoms with Gasteiger partial charge in [-0.15, -0.1) is 0 Å². The summed E-state index contributed by atoms with van der Waals surface area (Å²) in [5.41, 5.74) is 0.966. The molecule has 2 aliphatic rings. The van der Waals surface area contributed by atoms with E-state index in [1.807, 2.05) is 24.3 Å². The van der Waals surface area contributed by atoms with Gasteiger partial charge < -0.3 is 14.7 Å². The van der Waals surface area contributed by atoms with Crippen LogP contribution in [0.25, 0.3) is 0 Å². The highest BCUT2D eigenvalue weighted by molar-refractivity contribution is 5.95. The normalized spacial score (nSPS) is 25.6. The number of carboxylic acids is 1. The highest BCUT2D eigenvalue weighted by Crippen LogP contribution is 2.43. The monoisotopic (exact) mass is 374 g/mol. The second-order valence-electron chi connectivity index (χ2n) is 8.90. The molecule has 6 heteroatoms. The molecule has 2 atom stereocenters. The Labute approximate surface area is 161 Å². The minimum atomic E-state index is -0.866. The van der Waals surface area contributed by atoms with Crippen LogP contribution in [0.15, 0.2) is 24.3 Å². The number of fused-ring (bicyclic) bond motifs is 1. The Balaban J connectivity index is 1.73. The number of methoxy groups -OCH3 is 1. The van der Waals surface area contributed by atoms with Crippen molar-refractivity contribution in [1.29, 1.82) is 0 Å². The van der Waals surface area contributed by atoms with Crippen molar-refractivity contribution in [2.75, 3.05) is 46.4 Å². The van der Waals surface area contributed by atoms with Crippen molar-refractivity contribution in [3.8, 4) is 0 Å². The number of amides is 1. The van der Waals surface area contributed by atoms with Crippen molar-refractivity contribution < 1.29 is 19.4 Å². The van der Waals surface area contributed by atoms with Crippen molar-refractivity contribution in [2.24, 2.45) is 11.3 Å². The van der Waals surface area contributed by atoms with Crippen LogP contribution in [0.2, 0.25) is 0 Å². The summed E-state index contributed by atoms with van der Waals surface area (Å²) in [6, 6.07) is 7.69. The molecule has 0 radical (unpaired) electrons. The first-order valence-electron chi connectivity index (χ1n) is 9.52. The first kappa shape index (κ1) is 19.8. The molecule has 3 rings (SSSR count). The fourth-order valence-electron chi connectivity index (χ4n) is 4.31. The second kappa shape index (κ2) is 7.24. The first-order chi connectivity index (χ1) is 12.7. The van der Waals surface area contributed by atoms with E-state index in [4.69, 9.17) is 4.74 Å². The smallest absolute Gasteiger partial charge is 0.313 e. The Morgan fingerprint density at radius 2 is 1.85 bits per heavy atom. The van der Waals surface area contributed by atoms with Gasteiger partial charge in [0.1, 0.15) is 5.41 Å². The molecule has 2 saturated heterocycles. The van der Waals surface area contributed by atoms with E-state index < -0.39 is 11.4 Å². The van der Waals surface area contributed by atoms with Gasteiger partial charge in [-0.25, -0.2) is 0 Å². The summed E-state index contributed by atoms with van der Waals surface area (Å²) >= 11 is 0. The third kappa shape index (κ3) is 3.73. The summed E-state index contributed by atoms with van der Waals surface area (Å²) < 4.78 is 5.12. The Hall–Kier alpha value is -1.92. The molecule has 6 nitrogen and oxygen atoms in total. The SMILES string of the molecule is COCCN1C[C@@H]2CN(C(=O)c3ccc(C(C)(C)C)cc3)C[C@]2(C(=O)O)C1. The Morgan fingerprint density at radius 1 is 1.19 bits per heavy atom. The minimum absolute atomic E-state index is 0.0330. The summed E-state index contributed by atoms with van der Waals surface area (Å²) in [6.45, 7) is 9.67. The highest BCUT2D eigenvalue weighted by Gasteiger charge is 2.58. The van der Waals surface area contributed by atoms with Gasteiger partial charge in [-0.2, -0.15) is 0 Å². The molecule has 1 amide bonds. The van der Waals surface area contributed by atoms with E-state index in [-0.39, 0.29) is 23.8 Å². The van der Waals surface area contributed by atoms with Crippen LogP contribution in [0.4, 0.5) is 0 Å². The van der Waals surface area contributed by atoms with Gasteiger partial charge in [0.25, 0.3) is 5.91 Å². The summed E-state index contributed by atoms with van der Waals surface area (Å²) in [5, 5.41) is 9.92. The van der Waals surface area contributed by atoms with E-state index in [0.717, 1.165) is 6.54 Å². The number of aliphatic carboxylic acids is 1. The molecular formula is C21H30N2O4. The van der Waals surface area contributed by atoms with E-state index in [2.05, 4.69) is 25.7 Å². The van der Waals surface area contributed by atoms with E-state index in [9.17, 15) is 14.7 Å². The number of ether oxygens (including phenoxy) is 1. The van der Waals surface area contributed by atoms with Gasteiger partial charge in [0, 0.05) is 51.3 Å². The third-order valence-electron chi connectivity index (χ3n) is 6.00. The maximum absolute atomic E-state index is 13.0. The molecule has 0 bridgehead atoms. The third-order valence-corrected chi connectivity index (χ3v) is 6.00. The van der Waals surface area contributed by atoms with E-state index >= 15 is 0 Å². The molecule has 27 heavy (non-hydrogen) atoms. The van der Waals surface area contributed by atoms with Gasteiger partial charge in [0.15, 0.2) is 0 Å². The predicted molar refractivity (Wildman–Crippen MR) is 103 cm³/mol.